The van der Waals surface area contributed by atoms with E-state index in [0.717, 1.165) is 12.0 Å². The van der Waals surface area contributed by atoms with Crippen LogP contribution in [0, 0.1) is 0 Å². The molecule has 3 amide bonds. The summed E-state index contributed by atoms with van der Waals surface area (Å²) in [6.45, 7) is 6.21. The molecule has 0 radical (unpaired) electrons. The van der Waals surface area contributed by atoms with Crippen LogP contribution in [0.5, 0.6) is 0 Å². The number of amides is 3. The summed E-state index contributed by atoms with van der Waals surface area (Å²) in [6, 6.07) is 12.8. The largest absolute Gasteiger partial charge is 0.346 e. The van der Waals surface area contributed by atoms with Gasteiger partial charge in [0.05, 0.1) is 0 Å². The van der Waals surface area contributed by atoms with Crippen molar-refractivity contribution in [2.24, 2.45) is 0 Å². The molecule has 0 aliphatic carbocycles. The summed E-state index contributed by atoms with van der Waals surface area (Å²) in [5.41, 5.74) is 1.59. The van der Waals surface area contributed by atoms with Gasteiger partial charge in [0, 0.05) is 24.0 Å². The van der Waals surface area contributed by atoms with Crippen molar-refractivity contribution in [2.45, 2.75) is 32.7 Å². The summed E-state index contributed by atoms with van der Waals surface area (Å²) in [6.07, 6.45) is 2.25. The first-order chi connectivity index (χ1) is 11.8. The van der Waals surface area contributed by atoms with Crippen molar-refractivity contribution >= 4 is 17.6 Å². The second-order valence-electron chi connectivity index (χ2n) is 6.75. The zero-order valence-electron chi connectivity index (χ0n) is 14.8. The average Bonchev–Trinajstić information content (AvgIpc) is 2.54. The van der Waals surface area contributed by atoms with Crippen molar-refractivity contribution in [3.05, 3.63) is 59.9 Å². The highest BCUT2D eigenvalue weighted by Gasteiger charge is 2.16. The van der Waals surface area contributed by atoms with Gasteiger partial charge < -0.3 is 16.0 Å². The third-order valence-corrected chi connectivity index (χ3v) is 3.28. The van der Waals surface area contributed by atoms with E-state index in [4.69, 9.17) is 0 Å². The molecule has 0 saturated heterocycles. The fourth-order valence-electron chi connectivity index (χ4n) is 2.18. The highest BCUT2D eigenvalue weighted by molar-refractivity contribution is 5.95. The quantitative estimate of drug-likeness (QED) is 0.782. The van der Waals surface area contributed by atoms with E-state index in [9.17, 15) is 9.59 Å². The Balaban J connectivity index is 1.86. The molecule has 0 aliphatic rings. The smallest absolute Gasteiger partial charge is 0.319 e. The van der Waals surface area contributed by atoms with Gasteiger partial charge in [-0.05, 0) is 44.9 Å². The van der Waals surface area contributed by atoms with E-state index < -0.39 is 0 Å². The first kappa shape index (κ1) is 18.4. The van der Waals surface area contributed by atoms with Gasteiger partial charge in [-0.3, -0.25) is 9.78 Å². The lowest BCUT2D eigenvalue weighted by Gasteiger charge is -2.20. The van der Waals surface area contributed by atoms with Crippen LogP contribution >= 0.6 is 0 Å². The van der Waals surface area contributed by atoms with Crippen LogP contribution in [0.2, 0.25) is 0 Å². The molecule has 3 N–H and O–H groups in total. The lowest BCUT2D eigenvalue weighted by Crippen LogP contribution is -2.41. The third-order valence-electron chi connectivity index (χ3n) is 3.28. The zero-order valence-corrected chi connectivity index (χ0v) is 14.8. The Morgan fingerprint density at radius 3 is 2.48 bits per heavy atom. The highest BCUT2D eigenvalue weighted by Crippen LogP contribution is 2.09. The van der Waals surface area contributed by atoms with Crippen LogP contribution < -0.4 is 16.0 Å². The Labute approximate surface area is 148 Å². The number of benzene rings is 1. The van der Waals surface area contributed by atoms with Crippen LogP contribution in [-0.2, 0) is 6.42 Å². The van der Waals surface area contributed by atoms with Gasteiger partial charge in [0.1, 0.15) is 5.69 Å². The second kappa shape index (κ2) is 8.28. The minimum absolute atomic E-state index is 0.261. The van der Waals surface area contributed by atoms with Crippen LogP contribution in [0.1, 0.15) is 36.8 Å². The van der Waals surface area contributed by atoms with Crippen LogP contribution in [0.4, 0.5) is 10.5 Å². The number of aromatic nitrogens is 1. The zero-order chi connectivity index (χ0) is 18.3. The van der Waals surface area contributed by atoms with Gasteiger partial charge in [-0.15, -0.1) is 0 Å². The summed E-state index contributed by atoms with van der Waals surface area (Å²) in [5.74, 6) is -0.277. The predicted octanol–water partition coefficient (Wildman–Crippen LogP) is 2.97. The van der Waals surface area contributed by atoms with E-state index in [1.54, 1.807) is 12.1 Å². The number of carbonyl (C=O) groups is 2. The van der Waals surface area contributed by atoms with E-state index in [-0.39, 0.29) is 23.2 Å². The van der Waals surface area contributed by atoms with Gasteiger partial charge in [-0.1, -0.05) is 30.3 Å². The maximum absolute atomic E-state index is 12.1. The lowest BCUT2D eigenvalue weighted by atomic mass is 10.1. The molecule has 6 heteroatoms. The lowest BCUT2D eigenvalue weighted by molar-refractivity contribution is 0.0914. The molecule has 0 unspecified atom stereocenters. The van der Waals surface area contributed by atoms with Crippen molar-refractivity contribution in [1.82, 2.24) is 15.6 Å². The first-order valence-electron chi connectivity index (χ1n) is 8.21. The van der Waals surface area contributed by atoms with Gasteiger partial charge >= 0.3 is 6.03 Å². The predicted molar refractivity (Wildman–Crippen MR) is 98.6 cm³/mol. The molecule has 1 aromatic heterocycles. The Kier molecular flexibility index (Phi) is 6.11. The molecule has 0 aliphatic heterocycles. The Bertz CT molecular complexity index is 724. The summed E-state index contributed by atoms with van der Waals surface area (Å²) in [5, 5.41) is 8.35. The normalized spacial score (nSPS) is 10.8. The fraction of sp³-hybridized carbons (Fsp3) is 0.316. The molecular formula is C19H24N4O2. The molecule has 6 nitrogen and oxygen atoms in total. The van der Waals surface area contributed by atoms with E-state index >= 15 is 0 Å². The van der Waals surface area contributed by atoms with Crippen molar-refractivity contribution in [1.29, 1.82) is 0 Å². The number of urea groups is 1. The molecule has 0 spiro atoms. The summed E-state index contributed by atoms with van der Waals surface area (Å²) >= 11 is 0. The third kappa shape index (κ3) is 6.63. The average molecular weight is 340 g/mol. The molecule has 0 atom stereocenters. The summed E-state index contributed by atoms with van der Waals surface area (Å²) < 4.78 is 0. The maximum atomic E-state index is 12.1. The van der Waals surface area contributed by atoms with Crippen molar-refractivity contribution in [2.75, 3.05) is 11.9 Å². The SMILES string of the molecule is CC(C)(C)NC(=O)c1cc(NC(=O)NCCc2ccccc2)ccn1. The maximum Gasteiger partial charge on any atom is 0.319 e. The van der Waals surface area contributed by atoms with Gasteiger partial charge in [0.25, 0.3) is 5.91 Å². The molecule has 2 aromatic rings. The number of rotatable bonds is 5. The van der Waals surface area contributed by atoms with E-state index in [0.29, 0.717) is 12.2 Å². The monoisotopic (exact) mass is 340 g/mol. The molecule has 25 heavy (non-hydrogen) atoms. The first-order valence-corrected chi connectivity index (χ1v) is 8.21. The van der Waals surface area contributed by atoms with Gasteiger partial charge in [-0.25, -0.2) is 4.79 Å². The Morgan fingerprint density at radius 2 is 1.80 bits per heavy atom. The van der Waals surface area contributed by atoms with Crippen molar-refractivity contribution in [3.63, 3.8) is 0 Å². The minimum atomic E-state index is -0.350. The van der Waals surface area contributed by atoms with Crippen LogP contribution in [0.25, 0.3) is 0 Å². The number of pyridine rings is 1. The number of hydrogen-bond donors (Lipinski definition) is 3. The van der Waals surface area contributed by atoms with Crippen molar-refractivity contribution in [3.8, 4) is 0 Å². The molecule has 0 saturated carbocycles. The molecule has 0 fully saturated rings. The molecule has 132 valence electrons. The number of hydrogen-bond acceptors (Lipinski definition) is 3. The standard InChI is InChI=1S/C19H24N4O2/c1-19(2,3)23-17(24)16-13-15(10-12-20-16)22-18(25)21-11-9-14-7-5-4-6-8-14/h4-8,10,12-13H,9,11H2,1-3H3,(H,23,24)(H2,20,21,22,25). The van der Waals surface area contributed by atoms with Gasteiger partial charge in [0.15, 0.2) is 0 Å². The van der Waals surface area contributed by atoms with E-state index in [1.165, 1.54) is 6.20 Å². The Morgan fingerprint density at radius 1 is 1.08 bits per heavy atom. The van der Waals surface area contributed by atoms with Crippen molar-refractivity contribution < 1.29 is 9.59 Å². The van der Waals surface area contributed by atoms with Gasteiger partial charge in [-0.2, -0.15) is 0 Å². The van der Waals surface area contributed by atoms with Crippen LogP contribution in [0.3, 0.4) is 0 Å². The van der Waals surface area contributed by atoms with E-state index in [2.05, 4.69) is 20.9 Å². The molecule has 1 aromatic carbocycles. The minimum Gasteiger partial charge on any atom is -0.346 e. The topological polar surface area (TPSA) is 83.1 Å². The summed E-state index contributed by atoms with van der Waals surface area (Å²) in [4.78, 5) is 28.1. The Hall–Kier alpha value is -2.89. The van der Waals surface area contributed by atoms with Crippen LogP contribution in [-0.4, -0.2) is 29.0 Å². The second-order valence-corrected chi connectivity index (χ2v) is 6.75. The number of nitrogens with one attached hydrogen (secondary N) is 3. The molecular weight excluding hydrogens is 316 g/mol. The number of carbonyl (C=O) groups excluding carboxylic acids is 2. The number of nitrogens with zero attached hydrogens (tertiary/aromatic N) is 1. The molecule has 1 heterocycles. The summed E-state index contributed by atoms with van der Waals surface area (Å²) in [7, 11) is 0. The molecule has 0 bridgehead atoms. The van der Waals surface area contributed by atoms with Crippen LogP contribution in [0.15, 0.2) is 48.7 Å². The number of anilines is 1. The fourth-order valence-corrected chi connectivity index (χ4v) is 2.18. The van der Waals surface area contributed by atoms with Gasteiger partial charge in [0.2, 0.25) is 0 Å². The van der Waals surface area contributed by atoms with E-state index in [1.807, 2.05) is 51.1 Å². The molecule has 2 rings (SSSR count). The highest BCUT2D eigenvalue weighted by atomic mass is 16.2.